The summed E-state index contributed by atoms with van der Waals surface area (Å²) in [5, 5.41) is 0. The summed E-state index contributed by atoms with van der Waals surface area (Å²) in [4.78, 5) is 0. The molecule has 0 aliphatic rings. The Morgan fingerprint density at radius 2 is 1.79 bits per heavy atom. The predicted molar refractivity (Wildman–Crippen MR) is 68.5 cm³/mol. The van der Waals surface area contributed by atoms with Crippen molar-refractivity contribution < 1.29 is 0 Å². The van der Waals surface area contributed by atoms with Crippen LogP contribution < -0.4 is 0 Å². The Balaban J connectivity index is 0. The molecular formula is C14H24. The molecule has 0 radical (unpaired) electrons. The predicted octanol–water partition coefficient (Wildman–Crippen LogP) is 5.06. The maximum absolute atomic E-state index is 3.75. The molecule has 0 aliphatic carbocycles. The van der Waals surface area contributed by atoms with E-state index in [1.54, 1.807) is 6.08 Å². The fraction of sp³-hybridized carbons (Fsp3) is 0.429. The van der Waals surface area contributed by atoms with Crippen molar-refractivity contribution in [3.05, 3.63) is 48.6 Å². The Morgan fingerprint density at radius 1 is 1.21 bits per heavy atom. The molecule has 0 aromatic rings. The van der Waals surface area contributed by atoms with Crippen LogP contribution in [0.3, 0.4) is 0 Å². The van der Waals surface area contributed by atoms with Crippen LogP contribution >= 0.6 is 0 Å². The van der Waals surface area contributed by atoms with Crippen molar-refractivity contribution in [3.8, 4) is 0 Å². The summed E-state index contributed by atoms with van der Waals surface area (Å²) in [7, 11) is 0. The molecule has 0 spiro atoms. The van der Waals surface area contributed by atoms with Crippen molar-refractivity contribution in [1.29, 1.82) is 0 Å². The van der Waals surface area contributed by atoms with E-state index < -0.39 is 0 Å². The summed E-state index contributed by atoms with van der Waals surface area (Å²) in [6.45, 7) is 15.7. The van der Waals surface area contributed by atoms with Gasteiger partial charge in [-0.2, -0.15) is 0 Å². The van der Waals surface area contributed by atoms with Gasteiger partial charge in [0.25, 0.3) is 0 Å². The summed E-state index contributed by atoms with van der Waals surface area (Å²) >= 11 is 0. The molecule has 0 heteroatoms. The van der Waals surface area contributed by atoms with Crippen LogP contribution in [-0.4, -0.2) is 0 Å². The first kappa shape index (κ1) is 15.4. The second-order valence-corrected chi connectivity index (χ2v) is 2.82. The van der Waals surface area contributed by atoms with Gasteiger partial charge >= 0.3 is 0 Å². The van der Waals surface area contributed by atoms with Crippen molar-refractivity contribution in [2.75, 3.05) is 0 Å². The van der Waals surface area contributed by atoms with Gasteiger partial charge < -0.3 is 0 Å². The number of hydrogen-bond donors (Lipinski definition) is 0. The quantitative estimate of drug-likeness (QED) is 0.422. The van der Waals surface area contributed by atoms with Gasteiger partial charge in [-0.25, -0.2) is 0 Å². The minimum Gasteiger partial charge on any atom is -0.0991 e. The third-order valence-electron chi connectivity index (χ3n) is 1.63. The minimum absolute atomic E-state index is 0.989. The molecule has 0 rings (SSSR count). The number of hydrogen-bond acceptors (Lipinski definition) is 0. The van der Waals surface area contributed by atoms with E-state index >= 15 is 0 Å². The summed E-state index contributed by atoms with van der Waals surface area (Å²) < 4.78 is 0. The molecule has 0 atom stereocenters. The monoisotopic (exact) mass is 192 g/mol. The summed E-state index contributed by atoms with van der Waals surface area (Å²) in [6.07, 6.45) is 10.0. The van der Waals surface area contributed by atoms with Crippen molar-refractivity contribution in [2.24, 2.45) is 0 Å². The van der Waals surface area contributed by atoms with Crippen LogP contribution in [0.2, 0.25) is 0 Å². The van der Waals surface area contributed by atoms with E-state index in [0.717, 1.165) is 12.8 Å². The second-order valence-electron chi connectivity index (χ2n) is 2.82. The van der Waals surface area contributed by atoms with Crippen molar-refractivity contribution in [3.63, 3.8) is 0 Å². The van der Waals surface area contributed by atoms with Crippen LogP contribution in [0.1, 0.15) is 40.5 Å². The lowest BCUT2D eigenvalue weighted by molar-refractivity contribution is 1.09. The summed E-state index contributed by atoms with van der Waals surface area (Å²) in [5.41, 5.74) is 2.62. The highest BCUT2D eigenvalue weighted by atomic mass is 14.0. The van der Waals surface area contributed by atoms with E-state index in [4.69, 9.17) is 0 Å². The topological polar surface area (TPSA) is 0 Å². The molecular weight excluding hydrogens is 168 g/mol. The maximum atomic E-state index is 3.75. The third-order valence-corrected chi connectivity index (χ3v) is 1.63. The Hall–Kier alpha value is -1.04. The van der Waals surface area contributed by atoms with Gasteiger partial charge in [0.15, 0.2) is 0 Å². The van der Waals surface area contributed by atoms with Gasteiger partial charge in [0.2, 0.25) is 0 Å². The second kappa shape index (κ2) is 12.0. The lowest BCUT2D eigenvalue weighted by atomic mass is 10.1. The largest absolute Gasteiger partial charge is 0.0991 e. The minimum atomic E-state index is 0.989. The fourth-order valence-electron chi connectivity index (χ4n) is 1.09. The molecule has 0 fully saturated rings. The first-order valence-corrected chi connectivity index (χ1v) is 5.34. The van der Waals surface area contributed by atoms with Gasteiger partial charge in [-0.05, 0) is 25.3 Å². The highest BCUT2D eigenvalue weighted by Crippen LogP contribution is 2.11. The Morgan fingerprint density at radius 3 is 2.14 bits per heavy atom. The van der Waals surface area contributed by atoms with E-state index in [1.807, 2.05) is 26.0 Å². The van der Waals surface area contributed by atoms with Crippen LogP contribution in [0, 0.1) is 0 Å². The summed E-state index contributed by atoms with van der Waals surface area (Å²) in [5.74, 6) is 0. The molecule has 14 heavy (non-hydrogen) atoms. The molecule has 0 N–H and O–H groups in total. The molecule has 0 saturated heterocycles. The Bertz CT molecular complexity index is 204. The van der Waals surface area contributed by atoms with E-state index in [0.29, 0.717) is 0 Å². The van der Waals surface area contributed by atoms with E-state index in [2.05, 4.69) is 33.1 Å². The number of rotatable bonds is 5. The molecule has 0 heterocycles. The van der Waals surface area contributed by atoms with E-state index in [1.165, 1.54) is 11.1 Å². The van der Waals surface area contributed by atoms with Crippen LogP contribution in [-0.2, 0) is 0 Å². The molecule has 0 bridgehead atoms. The van der Waals surface area contributed by atoms with Crippen LogP contribution in [0.4, 0.5) is 0 Å². The molecule has 0 saturated carbocycles. The average Bonchev–Trinajstić information content (AvgIpc) is 2.20. The smallest absolute Gasteiger partial charge is 0.00701 e. The molecule has 0 aliphatic heterocycles. The SMILES string of the molecule is C=C/C=C(\C=C)C/C(C)=C/CC.CC. The Kier molecular flexibility index (Phi) is 13.2. The first-order chi connectivity index (χ1) is 6.74. The Labute approximate surface area is 89.7 Å². The molecule has 0 aromatic heterocycles. The molecule has 80 valence electrons. The van der Waals surface area contributed by atoms with Crippen LogP contribution in [0.5, 0.6) is 0 Å². The van der Waals surface area contributed by atoms with Gasteiger partial charge in [0, 0.05) is 0 Å². The van der Waals surface area contributed by atoms with Gasteiger partial charge in [-0.3, -0.25) is 0 Å². The molecule has 0 amide bonds. The molecule has 0 aromatic carbocycles. The van der Waals surface area contributed by atoms with E-state index in [9.17, 15) is 0 Å². The van der Waals surface area contributed by atoms with Gasteiger partial charge in [-0.1, -0.05) is 63.8 Å². The van der Waals surface area contributed by atoms with Crippen LogP contribution in [0.15, 0.2) is 48.6 Å². The zero-order valence-corrected chi connectivity index (χ0v) is 10.1. The van der Waals surface area contributed by atoms with E-state index in [-0.39, 0.29) is 0 Å². The lowest BCUT2D eigenvalue weighted by Gasteiger charge is -2.00. The summed E-state index contributed by atoms with van der Waals surface area (Å²) in [6, 6.07) is 0. The van der Waals surface area contributed by atoms with Gasteiger partial charge in [0.1, 0.15) is 0 Å². The zero-order chi connectivity index (χ0) is 11.4. The highest BCUT2D eigenvalue weighted by molar-refractivity contribution is 5.26. The third kappa shape index (κ3) is 9.05. The standard InChI is InChI=1S/C12H18.C2H6/c1-5-8-11(4)10-12(7-3)9-6-2;1-2/h6-9H,2-3,5,10H2,1,4H3;1-2H3/b11-8+,12-9+;. The zero-order valence-electron chi connectivity index (χ0n) is 10.1. The van der Waals surface area contributed by atoms with Crippen molar-refractivity contribution >= 4 is 0 Å². The number of allylic oxidation sites excluding steroid dienone is 6. The van der Waals surface area contributed by atoms with Gasteiger partial charge in [-0.15, -0.1) is 0 Å². The molecule has 0 unspecified atom stereocenters. The fourth-order valence-corrected chi connectivity index (χ4v) is 1.09. The van der Waals surface area contributed by atoms with Crippen molar-refractivity contribution in [2.45, 2.75) is 40.5 Å². The molecule has 0 nitrogen and oxygen atoms in total. The first-order valence-electron chi connectivity index (χ1n) is 5.34. The normalized spacial score (nSPS) is 11.4. The average molecular weight is 192 g/mol. The maximum Gasteiger partial charge on any atom is -0.00701 e. The van der Waals surface area contributed by atoms with Crippen molar-refractivity contribution in [1.82, 2.24) is 0 Å². The van der Waals surface area contributed by atoms with Crippen LogP contribution in [0.25, 0.3) is 0 Å². The highest BCUT2D eigenvalue weighted by Gasteiger charge is 1.91. The lowest BCUT2D eigenvalue weighted by Crippen LogP contribution is -1.80. The van der Waals surface area contributed by atoms with Gasteiger partial charge in [0.05, 0.1) is 0 Å².